The molecular weight excluding hydrogens is 302 g/mol. The molecule has 120 valence electrons. The Hall–Kier alpha value is -3.09. The second-order valence-electron chi connectivity index (χ2n) is 4.60. The van der Waals surface area contributed by atoms with Crippen molar-refractivity contribution in [1.29, 1.82) is 0 Å². The molecule has 23 heavy (non-hydrogen) atoms. The number of hydrogen-bond donors (Lipinski definition) is 1. The van der Waals surface area contributed by atoms with Crippen molar-refractivity contribution < 1.29 is 24.2 Å². The van der Waals surface area contributed by atoms with E-state index in [4.69, 9.17) is 4.74 Å². The van der Waals surface area contributed by atoms with Crippen LogP contribution in [0.3, 0.4) is 0 Å². The first kappa shape index (κ1) is 16.3. The Bertz CT molecular complexity index is 766. The molecule has 0 radical (unpaired) electrons. The number of methoxy groups -OCH3 is 1. The molecule has 7 nitrogen and oxygen atoms in total. The van der Waals surface area contributed by atoms with Crippen molar-refractivity contribution in [3.8, 4) is 5.75 Å². The predicted octanol–water partition coefficient (Wildman–Crippen LogP) is 1.20. The molecule has 0 atom stereocenters. The summed E-state index contributed by atoms with van der Waals surface area (Å²) >= 11 is 0. The molecule has 1 heterocycles. The van der Waals surface area contributed by atoms with Gasteiger partial charge in [-0.15, -0.1) is 0 Å². The highest BCUT2D eigenvalue weighted by Crippen LogP contribution is 2.14. The Kier molecular flexibility index (Phi) is 5.14. The van der Waals surface area contributed by atoms with Crippen LogP contribution in [0.2, 0.25) is 0 Å². The van der Waals surface area contributed by atoms with Gasteiger partial charge in [-0.2, -0.15) is 0 Å². The summed E-state index contributed by atoms with van der Waals surface area (Å²) in [6, 6.07) is 9.34. The normalized spacial score (nSPS) is 10.1. The Morgan fingerprint density at radius 3 is 2.52 bits per heavy atom. The quantitative estimate of drug-likeness (QED) is 0.833. The lowest BCUT2D eigenvalue weighted by Gasteiger charge is -2.09. The van der Waals surface area contributed by atoms with Gasteiger partial charge in [0.1, 0.15) is 17.9 Å². The van der Waals surface area contributed by atoms with Crippen LogP contribution in [0.15, 0.2) is 47.4 Å². The molecule has 0 aliphatic carbocycles. The smallest absolute Gasteiger partial charge is 0.343 e. The van der Waals surface area contributed by atoms with E-state index in [0.29, 0.717) is 5.56 Å². The topological polar surface area (TPSA) is 94.8 Å². The van der Waals surface area contributed by atoms with Crippen LogP contribution in [0.25, 0.3) is 0 Å². The van der Waals surface area contributed by atoms with Crippen LogP contribution in [-0.4, -0.2) is 35.3 Å². The molecule has 0 aliphatic heterocycles. The molecule has 2 aromatic rings. The van der Waals surface area contributed by atoms with Crippen molar-refractivity contribution in [3.63, 3.8) is 0 Å². The average Bonchev–Trinajstić information content (AvgIpc) is 2.56. The molecule has 0 bridgehead atoms. The number of benzene rings is 1. The van der Waals surface area contributed by atoms with Crippen LogP contribution in [0.5, 0.6) is 5.75 Å². The molecule has 1 N–H and O–H groups in total. The van der Waals surface area contributed by atoms with E-state index in [0.717, 1.165) is 10.6 Å². The lowest BCUT2D eigenvalue weighted by molar-refractivity contribution is 0.0487. The zero-order valence-corrected chi connectivity index (χ0v) is 12.4. The van der Waals surface area contributed by atoms with Crippen LogP contribution in [0.4, 0.5) is 0 Å². The van der Waals surface area contributed by atoms with Crippen molar-refractivity contribution in [1.82, 2.24) is 4.57 Å². The Labute approximate surface area is 131 Å². The fourth-order valence-electron chi connectivity index (χ4n) is 1.90. The number of esters is 2. The van der Waals surface area contributed by atoms with Gasteiger partial charge in [-0.25, -0.2) is 9.59 Å². The Morgan fingerprint density at radius 1 is 1.17 bits per heavy atom. The average molecular weight is 317 g/mol. The van der Waals surface area contributed by atoms with E-state index in [1.54, 1.807) is 30.3 Å². The number of aromatic hydroxyl groups is 1. The van der Waals surface area contributed by atoms with Crippen LogP contribution < -0.4 is 5.56 Å². The third kappa shape index (κ3) is 3.97. The van der Waals surface area contributed by atoms with Gasteiger partial charge in [0.05, 0.1) is 19.2 Å². The van der Waals surface area contributed by atoms with Gasteiger partial charge >= 0.3 is 11.9 Å². The summed E-state index contributed by atoms with van der Waals surface area (Å²) in [6.07, 6.45) is 1.17. The zero-order valence-electron chi connectivity index (χ0n) is 12.4. The van der Waals surface area contributed by atoms with Crippen molar-refractivity contribution in [3.05, 3.63) is 64.1 Å². The summed E-state index contributed by atoms with van der Waals surface area (Å²) in [5, 5.41) is 9.58. The molecule has 2 rings (SSSR count). The predicted molar refractivity (Wildman–Crippen MR) is 80.4 cm³/mol. The standard InChI is InChI=1S/C16H15NO6/c1-22-16(21)12-10-17(14(19)9-13(12)18)7-8-23-15(20)11-5-3-2-4-6-11/h2-6,9-10,18H,7-8H2,1H3. The minimum atomic E-state index is -0.766. The van der Waals surface area contributed by atoms with E-state index in [1.165, 1.54) is 13.3 Å². The number of ether oxygens (including phenoxy) is 2. The summed E-state index contributed by atoms with van der Waals surface area (Å²) in [6.45, 7) is -0.0132. The number of hydrogen-bond acceptors (Lipinski definition) is 6. The summed E-state index contributed by atoms with van der Waals surface area (Å²) in [7, 11) is 1.17. The zero-order chi connectivity index (χ0) is 16.8. The highest BCUT2D eigenvalue weighted by Gasteiger charge is 2.14. The lowest BCUT2D eigenvalue weighted by Crippen LogP contribution is -2.23. The molecule has 7 heteroatoms. The molecule has 0 unspecified atom stereocenters. The van der Waals surface area contributed by atoms with Gasteiger partial charge in [-0.3, -0.25) is 4.79 Å². The summed E-state index contributed by atoms with van der Waals surface area (Å²) < 4.78 is 10.7. The van der Waals surface area contributed by atoms with E-state index >= 15 is 0 Å². The van der Waals surface area contributed by atoms with Gasteiger partial charge in [-0.1, -0.05) is 18.2 Å². The molecule has 0 saturated heterocycles. The van der Waals surface area contributed by atoms with E-state index in [2.05, 4.69) is 4.74 Å². The Morgan fingerprint density at radius 2 is 1.87 bits per heavy atom. The third-order valence-corrected chi connectivity index (χ3v) is 3.08. The minimum absolute atomic E-state index is 0.0433. The lowest BCUT2D eigenvalue weighted by atomic mass is 10.2. The van der Waals surface area contributed by atoms with Gasteiger partial charge in [0.15, 0.2) is 0 Å². The van der Waals surface area contributed by atoms with Crippen LogP contribution in [-0.2, 0) is 16.0 Å². The van der Waals surface area contributed by atoms with E-state index < -0.39 is 23.2 Å². The van der Waals surface area contributed by atoms with Crippen molar-refractivity contribution in [2.45, 2.75) is 6.54 Å². The van der Waals surface area contributed by atoms with Crippen molar-refractivity contribution in [2.24, 2.45) is 0 Å². The first-order valence-corrected chi connectivity index (χ1v) is 6.77. The van der Waals surface area contributed by atoms with Gasteiger partial charge in [0, 0.05) is 12.3 Å². The maximum Gasteiger partial charge on any atom is 0.343 e. The number of carbonyl (C=O) groups excluding carboxylic acids is 2. The SMILES string of the molecule is COC(=O)c1cn(CCOC(=O)c2ccccc2)c(=O)cc1O. The minimum Gasteiger partial charge on any atom is -0.507 e. The first-order valence-electron chi connectivity index (χ1n) is 6.77. The summed E-state index contributed by atoms with van der Waals surface area (Å²) in [5.74, 6) is -1.73. The van der Waals surface area contributed by atoms with E-state index in [1.807, 2.05) is 0 Å². The summed E-state index contributed by atoms with van der Waals surface area (Å²) in [4.78, 5) is 35.0. The molecule has 0 saturated carbocycles. The highest BCUT2D eigenvalue weighted by molar-refractivity contribution is 5.91. The second-order valence-corrected chi connectivity index (χ2v) is 4.60. The van der Waals surface area contributed by atoms with Crippen molar-refractivity contribution in [2.75, 3.05) is 13.7 Å². The Balaban J connectivity index is 2.05. The van der Waals surface area contributed by atoms with Crippen LogP contribution in [0, 0.1) is 0 Å². The van der Waals surface area contributed by atoms with Gasteiger partial charge in [-0.05, 0) is 12.1 Å². The fourth-order valence-corrected chi connectivity index (χ4v) is 1.90. The molecular formula is C16H15NO6. The maximum absolute atomic E-state index is 11.8. The van der Waals surface area contributed by atoms with Crippen LogP contribution in [0.1, 0.15) is 20.7 Å². The molecule has 0 aliphatic rings. The number of aromatic nitrogens is 1. The summed E-state index contributed by atoms with van der Waals surface area (Å²) in [5.41, 5.74) is -0.256. The number of nitrogens with zero attached hydrogens (tertiary/aromatic N) is 1. The van der Waals surface area contributed by atoms with Crippen molar-refractivity contribution >= 4 is 11.9 Å². The number of carbonyl (C=O) groups is 2. The van der Waals surface area contributed by atoms with Crippen LogP contribution >= 0.6 is 0 Å². The van der Waals surface area contributed by atoms with E-state index in [-0.39, 0.29) is 18.7 Å². The van der Waals surface area contributed by atoms with Gasteiger partial charge in [0.2, 0.25) is 0 Å². The first-order chi connectivity index (χ1) is 11.0. The number of pyridine rings is 1. The third-order valence-electron chi connectivity index (χ3n) is 3.08. The monoisotopic (exact) mass is 317 g/mol. The highest BCUT2D eigenvalue weighted by atomic mass is 16.5. The molecule has 0 fully saturated rings. The van der Waals surface area contributed by atoms with Gasteiger partial charge < -0.3 is 19.1 Å². The fraction of sp³-hybridized carbons (Fsp3) is 0.188. The largest absolute Gasteiger partial charge is 0.507 e. The molecule has 0 amide bonds. The maximum atomic E-state index is 11.8. The molecule has 0 spiro atoms. The second kappa shape index (κ2) is 7.26. The molecule has 1 aromatic carbocycles. The van der Waals surface area contributed by atoms with Gasteiger partial charge in [0.25, 0.3) is 5.56 Å². The number of rotatable bonds is 5. The van der Waals surface area contributed by atoms with E-state index in [9.17, 15) is 19.5 Å². The molecule has 1 aromatic heterocycles.